The Labute approximate surface area is 210 Å². The second kappa shape index (κ2) is 10.6. The molecule has 35 heavy (non-hydrogen) atoms. The Hall–Kier alpha value is -3.16. The second-order valence-corrected chi connectivity index (χ2v) is 10.7. The molecule has 1 aromatic heterocycles. The average molecular weight is 489 g/mol. The molecule has 1 aliphatic carbocycles. The SMILES string of the molecule is O=C(Nc1cccc(C(=O)NCc2cccs2)c1)NC1CN(Cc2ccccc2)C2(CCCC2)C1. The molecule has 3 N–H and O–H groups in total. The van der Waals surface area contributed by atoms with Crippen LogP contribution in [0.2, 0.25) is 0 Å². The number of rotatable bonds is 7. The smallest absolute Gasteiger partial charge is 0.319 e. The van der Waals surface area contributed by atoms with Crippen LogP contribution in [0.4, 0.5) is 10.5 Å². The van der Waals surface area contributed by atoms with Crippen LogP contribution in [-0.4, -0.2) is 35.0 Å². The Morgan fingerprint density at radius 1 is 1.00 bits per heavy atom. The van der Waals surface area contributed by atoms with Gasteiger partial charge in [0.15, 0.2) is 0 Å². The van der Waals surface area contributed by atoms with Crippen LogP contribution in [0.5, 0.6) is 0 Å². The topological polar surface area (TPSA) is 73.5 Å². The van der Waals surface area contributed by atoms with Gasteiger partial charge in [-0.25, -0.2) is 4.79 Å². The third-order valence-electron chi connectivity index (χ3n) is 7.21. The summed E-state index contributed by atoms with van der Waals surface area (Å²) >= 11 is 1.61. The van der Waals surface area contributed by atoms with Crippen LogP contribution in [0.1, 0.15) is 52.9 Å². The molecule has 2 aliphatic rings. The van der Waals surface area contributed by atoms with E-state index in [-0.39, 0.29) is 23.5 Å². The van der Waals surface area contributed by atoms with Crippen LogP contribution in [0, 0.1) is 0 Å². The standard InChI is InChI=1S/C28H32N4O2S/c33-26(29-18-25-12-7-15-35-25)22-10-6-11-23(16-22)30-27(34)31-24-17-28(13-4-5-14-28)32(20-24)19-21-8-2-1-3-9-21/h1-3,6-12,15-16,24H,4-5,13-14,17-20H2,(H,29,33)(H2,30,31,34). The van der Waals surface area contributed by atoms with Gasteiger partial charge in [0, 0.05) is 40.8 Å². The molecule has 3 amide bonds. The summed E-state index contributed by atoms with van der Waals surface area (Å²) in [5, 5.41) is 11.0. The minimum Gasteiger partial charge on any atom is -0.347 e. The summed E-state index contributed by atoms with van der Waals surface area (Å²) < 4.78 is 0. The number of nitrogens with one attached hydrogen (secondary N) is 3. The highest BCUT2D eigenvalue weighted by molar-refractivity contribution is 7.09. The summed E-state index contributed by atoms with van der Waals surface area (Å²) in [5.74, 6) is -0.155. The van der Waals surface area contributed by atoms with Crippen molar-refractivity contribution in [1.29, 1.82) is 0 Å². The Morgan fingerprint density at radius 2 is 1.83 bits per heavy atom. The zero-order valence-corrected chi connectivity index (χ0v) is 20.7. The fraction of sp³-hybridized carbons (Fsp3) is 0.357. The number of thiophene rings is 1. The van der Waals surface area contributed by atoms with Crippen molar-refractivity contribution < 1.29 is 9.59 Å². The van der Waals surface area contributed by atoms with Gasteiger partial charge in [0.2, 0.25) is 0 Å². The lowest BCUT2D eigenvalue weighted by Gasteiger charge is -2.34. The number of benzene rings is 2. The van der Waals surface area contributed by atoms with Crippen LogP contribution >= 0.6 is 11.3 Å². The van der Waals surface area contributed by atoms with Gasteiger partial charge in [-0.1, -0.05) is 55.3 Å². The molecule has 1 aliphatic heterocycles. The predicted octanol–water partition coefficient (Wildman–Crippen LogP) is 5.39. The molecule has 2 fully saturated rings. The Kier molecular flexibility index (Phi) is 7.16. The molecule has 1 saturated carbocycles. The maximum absolute atomic E-state index is 12.9. The summed E-state index contributed by atoms with van der Waals surface area (Å²) in [4.78, 5) is 29.1. The van der Waals surface area contributed by atoms with E-state index in [2.05, 4.69) is 51.2 Å². The molecule has 182 valence electrons. The van der Waals surface area contributed by atoms with Crippen molar-refractivity contribution in [2.24, 2.45) is 0 Å². The highest BCUT2D eigenvalue weighted by Gasteiger charge is 2.47. The van der Waals surface area contributed by atoms with Crippen LogP contribution in [0.25, 0.3) is 0 Å². The molecule has 0 radical (unpaired) electrons. The fourth-order valence-corrected chi connectivity index (χ4v) is 6.22. The molecule has 0 bridgehead atoms. The van der Waals surface area contributed by atoms with E-state index in [1.807, 2.05) is 23.6 Å². The molecule has 2 aromatic carbocycles. The highest BCUT2D eigenvalue weighted by atomic mass is 32.1. The lowest BCUT2D eigenvalue weighted by molar-refractivity contribution is 0.0951. The van der Waals surface area contributed by atoms with E-state index in [0.29, 0.717) is 17.8 Å². The molecule has 5 rings (SSSR count). The van der Waals surface area contributed by atoms with E-state index >= 15 is 0 Å². The first-order valence-corrected chi connectivity index (χ1v) is 13.2. The molecule has 3 aromatic rings. The summed E-state index contributed by atoms with van der Waals surface area (Å²) in [6.45, 7) is 2.27. The van der Waals surface area contributed by atoms with E-state index in [4.69, 9.17) is 0 Å². The minimum atomic E-state index is -0.221. The number of amides is 3. The summed E-state index contributed by atoms with van der Waals surface area (Å²) in [6, 6.07) is 21.5. The molecule has 1 spiro atoms. The van der Waals surface area contributed by atoms with Crippen molar-refractivity contribution in [1.82, 2.24) is 15.5 Å². The van der Waals surface area contributed by atoms with Gasteiger partial charge in [0.25, 0.3) is 5.91 Å². The molecule has 7 heteroatoms. The second-order valence-electron chi connectivity index (χ2n) is 9.64. The van der Waals surface area contributed by atoms with Gasteiger partial charge in [0.05, 0.1) is 6.54 Å². The average Bonchev–Trinajstić information content (AvgIpc) is 3.62. The number of nitrogens with zero attached hydrogens (tertiary/aromatic N) is 1. The molecule has 6 nitrogen and oxygen atoms in total. The lowest BCUT2D eigenvalue weighted by atomic mass is 9.92. The van der Waals surface area contributed by atoms with Crippen LogP contribution in [-0.2, 0) is 13.1 Å². The maximum Gasteiger partial charge on any atom is 0.319 e. The fourth-order valence-electron chi connectivity index (χ4n) is 5.57. The van der Waals surface area contributed by atoms with Crippen LogP contribution < -0.4 is 16.0 Å². The zero-order chi connectivity index (χ0) is 24.1. The molecular weight excluding hydrogens is 456 g/mol. The quantitative estimate of drug-likeness (QED) is 0.418. The number of carbonyl (C=O) groups excluding carboxylic acids is 2. The number of hydrogen-bond acceptors (Lipinski definition) is 4. The van der Waals surface area contributed by atoms with Gasteiger partial charge < -0.3 is 16.0 Å². The zero-order valence-electron chi connectivity index (χ0n) is 19.8. The Bertz CT molecular complexity index is 1140. The van der Waals surface area contributed by atoms with E-state index in [1.54, 1.807) is 29.5 Å². The molecule has 1 saturated heterocycles. The van der Waals surface area contributed by atoms with Crippen LogP contribution in [0.3, 0.4) is 0 Å². The lowest BCUT2D eigenvalue weighted by Crippen LogP contribution is -2.40. The van der Waals surface area contributed by atoms with Gasteiger partial charge in [-0.2, -0.15) is 0 Å². The van der Waals surface area contributed by atoms with Crippen molar-refractivity contribution >= 4 is 29.0 Å². The first kappa shape index (κ1) is 23.6. The number of urea groups is 1. The minimum absolute atomic E-state index is 0.106. The van der Waals surface area contributed by atoms with Gasteiger partial charge in [-0.05, 0) is 54.5 Å². The molecule has 1 atom stereocenters. The van der Waals surface area contributed by atoms with E-state index in [1.165, 1.54) is 31.2 Å². The van der Waals surface area contributed by atoms with E-state index in [9.17, 15) is 9.59 Å². The van der Waals surface area contributed by atoms with Crippen LogP contribution in [0.15, 0.2) is 72.1 Å². The maximum atomic E-state index is 12.9. The van der Waals surface area contributed by atoms with Gasteiger partial charge in [-0.15, -0.1) is 11.3 Å². The highest BCUT2D eigenvalue weighted by Crippen LogP contribution is 2.43. The largest absolute Gasteiger partial charge is 0.347 e. The monoisotopic (exact) mass is 488 g/mol. The number of likely N-dealkylation sites (tertiary alicyclic amines) is 1. The number of anilines is 1. The van der Waals surface area contributed by atoms with E-state index in [0.717, 1.165) is 24.4 Å². The van der Waals surface area contributed by atoms with Gasteiger partial charge in [-0.3, -0.25) is 9.69 Å². The normalized spacial score (nSPS) is 19.0. The number of hydrogen-bond donors (Lipinski definition) is 3. The van der Waals surface area contributed by atoms with Crippen molar-refractivity contribution in [3.63, 3.8) is 0 Å². The first-order chi connectivity index (χ1) is 17.1. The van der Waals surface area contributed by atoms with Crippen molar-refractivity contribution in [3.8, 4) is 0 Å². The predicted molar refractivity (Wildman–Crippen MR) is 141 cm³/mol. The van der Waals surface area contributed by atoms with Gasteiger partial charge in [0.1, 0.15) is 0 Å². The summed E-state index contributed by atoms with van der Waals surface area (Å²) in [7, 11) is 0. The first-order valence-electron chi connectivity index (χ1n) is 12.4. The van der Waals surface area contributed by atoms with E-state index < -0.39 is 0 Å². The third kappa shape index (κ3) is 5.74. The molecular formula is C28H32N4O2S. The van der Waals surface area contributed by atoms with Crippen molar-refractivity contribution in [2.75, 3.05) is 11.9 Å². The summed E-state index contributed by atoms with van der Waals surface area (Å²) in [6.07, 6.45) is 5.89. The molecule has 2 heterocycles. The van der Waals surface area contributed by atoms with Crippen molar-refractivity contribution in [2.45, 2.75) is 56.8 Å². The van der Waals surface area contributed by atoms with Crippen molar-refractivity contribution in [3.05, 3.63) is 88.1 Å². The Balaban J connectivity index is 1.18. The van der Waals surface area contributed by atoms with Gasteiger partial charge >= 0.3 is 6.03 Å². The third-order valence-corrected chi connectivity index (χ3v) is 8.09. The number of carbonyl (C=O) groups is 2. The Morgan fingerprint density at radius 3 is 2.60 bits per heavy atom. The summed E-state index contributed by atoms with van der Waals surface area (Å²) in [5.41, 5.74) is 2.65. The molecule has 1 unspecified atom stereocenters.